The van der Waals surface area contributed by atoms with Crippen LogP contribution in [0.5, 0.6) is 0 Å². The third-order valence-corrected chi connectivity index (χ3v) is 1.50. The summed E-state index contributed by atoms with van der Waals surface area (Å²) in [5, 5.41) is 0. The molecule has 1 rings (SSSR count). The van der Waals surface area contributed by atoms with Crippen molar-refractivity contribution in [3.05, 3.63) is 48.3 Å². The van der Waals surface area contributed by atoms with Crippen molar-refractivity contribution in [3.8, 4) is 0 Å². The van der Waals surface area contributed by atoms with Crippen molar-refractivity contribution >= 4 is 12.2 Å². The largest absolute Gasteiger partial charge is 0.206 e. The van der Waals surface area contributed by atoms with E-state index in [4.69, 9.17) is 0 Å². The molecule has 1 heteroatoms. The molecule has 0 heterocycles. The summed E-state index contributed by atoms with van der Waals surface area (Å²) in [6, 6.07) is 5.13. The number of benzene rings is 1. The maximum Gasteiger partial charge on any atom is 0.137 e. The highest BCUT2D eigenvalue weighted by Gasteiger charge is 2.00. The Labute approximate surface area is 65.7 Å². The van der Waals surface area contributed by atoms with Crippen LogP contribution in [0.15, 0.2) is 31.4 Å². The van der Waals surface area contributed by atoms with Crippen molar-refractivity contribution in [1.82, 2.24) is 0 Å². The maximum atomic E-state index is 13.1. The lowest BCUT2D eigenvalue weighted by Gasteiger charge is -1.98. The Hall–Kier alpha value is -1.37. The molecule has 0 unspecified atom stereocenters. The van der Waals surface area contributed by atoms with Gasteiger partial charge in [-0.15, -0.1) is 0 Å². The average molecular weight is 148 g/mol. The van der Waals surface area contributed by atoms with Crippen LogP contribution >= 0.6 is 0 Å². The van der Waals surface area contributed by atoms with E-state index in [2.05, 4.69) is 13.2 Å². The molecule has 0 fully saturated rings. The summed E-state index contributed by atoms with van der Waals surface area (Å²) in [6.45, 7) is 6.99. The molecule has 0 aliphatic heterocycles. The number of halogens is 1. The predicted octanol–water partition coefficient (Wildman–Crippen LogP) is 3.11. The van der Waals surface area contributed by atoms with E-state index in [1.165, 1.54) is 12.2 Å². The number of hydrogen-bond acceptors (Lipinski definition) is 0. The van der Waals surface area contributed by atoms with E-state index >= 15 is 0 Å². The molecule has 0 saturated carbocycles. The van der Waals surface area contributed by atoms with Crippen molar-refractivity contribution in [3.63, 3.8) is 0 Å². The van der Waals surface area contributed by atoms with Gasteiger partial charge in [0.15, 0.2) is 0 Å². The van der Waals surface area contributed by atoms with Crippen LogP contribution in [-0.4, -0.2) is 0 Å². The summed E-state index contributed by atoms with van der Waals surface area (Å²) in [7, 11) is 0. The Kier molecular flexibility index (Phi) is 2.21. The minimum atomic E-state index is -0.252. The number of rotatable bonds is 2. The Balaban J connectivity index is 3.30. The van der Waals surface area contributed by atoms with E-state index in [-0.39, 0.29) is 5.82 Å². The zero-order valence-electron chi connectivity index (χ0n) is 6.18. The fraction of sp³-hybridized carbons (Fsp3) is 0. The minimum absolute atomic E-state index is 0.252. The zero-order chi connectivity index (χ0) is 8.27. The molecule has 0 amide bonds. The summed E-state index contributed by atoms with van der Waals surface area (Å²) in [5.41, 5.74) is 1.03. The molecule has 0 bridgehead atoms. The van der Waals surface area contributed by atoms with Gasteiger partial charge in [-0.2, -0.15) is 0 Å². The summed E-state index contributed by atoms with van der Waals surface area (Å²) >= 11 is 0. The first-order valence-electron chi connectivity index (χ1n) is 3.33. The molecule has 56 valence electrons. The van der Waals surface area contributed by atoms with E-state index in [1.807, 2.05) is 0 Å². The fourth-order valence-electron chi connectivity index (χ4n) is 0.884. The molecule has 0 nitrogen and oxygen atoms in total. The summed E-state index contributed by atoms with van der Waals surface area (Å²) in [6.07, 6.45) is 2.98. The van der Waals surface area contributed by atoms with Gasteiger partial charge in [-0.1, -0.05) is 43.5 Å². The van der Waals surface area contributed by atoms with Crippen LogP contribution in [0.25, 0.3) is 12.2 Å². The second-order valence-corrected chi connectivity index (χ2v) is 2.16. The van der Waals surface area contributed by atoms with Crippen LogP contribution in [0.4, 0.5) is 4.39 Å². The molecule has 0 radical (unpaired) electrons. The SMILES string of the molecule is C=Cc1cccc(C=C)c1F. The van der Waals surface area contributed by atoms with Crippen LogP contribution in [0, 0.1) is 5.82 Å². The normalized spacial score (nSPS) is 9.18. The van der Waals surface area contributed by atoms with E-state index in [9.17, 15) is 4.39 Å². The molecule has 0 atom stereocenters. The molecule has 0 spiro atoms. The average Bonchev–Trinajstić information content (AvgIpc) is 2.05. The van der Waals surface area contributed by atoms with E-state index in [0.29, 0.717) is 11.1 Å². The quantitative estimate of drug-likeness (QED) is 0.604. The van der Waals surface area contributed by atoms with E-state index < -0.39 is 0 Å². The molecule has 11 heavy (non-hydrogen) atoms. The molecule has 0 saturated heterocycles. The van der Waals surface area contributed by atoms with Crippen LogP contribution < -0.4 is 0 Å². The maximum absolute atomic E-state index is 13.1. The number of hydrogen-bond donors (Lipinski definition) is 0. The van der Waals surface area contributed by atoms with Crippen LogP contribution in [0.2, 0.25) is 0 Å². The summed E-state index contributed by atoms with van der Waals surface area (Å²) in [4.78, 5) is 0. The molecule has 0 aliphatic rings. The van der Waals surface area contributed by atoms with Gasteiger partial charge in [0.1, 0.15) is 5.82 Å². The van der Waals surface area contributed by atoms with Gasteiger partial charge in [0.2, 0.25) is 0 Å². The lowest BCUT2D eigenvalue weighted by atomic mass is 10.1. The second kappa shape index (κ2) is 3.15. The van der Waals surface area contributed by atoms with Gasteiger partial charge in [-0.05, 0) is 0 Å². The Bertz CT molecular complexity index is 261. The van der Waals surface area contributed by atoms with Crippen LogP contribution in [-0.2, 0) is 0 Å². The minimum Gasteiger partial charge on any atom is -0.206 e. The topological polar surface area (TPSA) is 0 Å². The molecular formula is C10H9F. The Morgan fingerprint density at radius 3 is 1.91 bits per heavy atom. The highest BCUT2D eigenvalue weighted by Crippen LogP contribution is 2.14. The highest BCUT2D eigenvalue weighted by molar-refractivity contribution is 5.56. The summed E-state index contributed by atoms with van der Waals surface area (Å²) < 4.78 is 13.1. The predicted molar refractivity (Wildman–Crippen MR) is 46.6 cm³/mol. The fourth-order valence-corrected chi connectivity index (χ4v) is 0.884. The van der Waals surface area contributed by atoms with Crippen LogP contribution in [0.3, 0.4) is 0 Å². The van der Waals surface area contributed by atoms with Gasteiger partial charge >= 0.3 is 0 Å². The monoisotopic (exact) mass is 148 g/mol. The van der Waals surface area contributed by atoms with Crippen molar-refractivity contribution in [2.75, 3.05) is 0 Å². The van der Waals surface area contributed by atoms with Gasteiger partial charge in [-0.25, -0.2) is 4.39 Å². The molecule has 0 aromatic heterocycles. The third kappa shape index (κ3) is 1.37. The van der Waals surface area contributed by atoms with Gasteiger partial charge in [0, 0.05) is 11.1 Å². The van der Waals surface area contributed by atoms with Crippen molar-refractivity contribution in [2.24, 2.45) is 0 Å². The molecule has 1 aromatic rings. The van der Waals surface area contributed by atoms with Crippen molar-refractivity contribution in [2.45, 2.75) is 0 Å². The summed E-state index contributed by atoms with van der Waals surface area (Å²) in [5.74, 6) is -0.252. The first-order valence-corrected chi connectivity index (χ1v) is 3.33. The van der Waals surface area contributed by atoms with E-state index in [0.717, 1.165) is 0 Å². The first kappa shape index (κ1) is 7.73. The third-order valence-electron chi connectivity index (χ3n) is 1.50. The second-order valence-electron chi connectivity index (χ2n) is 2.16. The Morgan fingerprint density at radius 1 is 1.09 bits per heavy atom. The zero-order valence-corrected chi connectivity index (χ0v) is 6.18. The van der Waals surface area contributed by atoms with Crippen molar-refractivity contribution in [1.29, 1.82) is 0 Å². The first-order chi connectivity index (χ1) is 5.29. The van der Waals surface area contributed by atoms with E-state index in [1.54, 1.807) is 18.2 Å². The van der Waals surface area contributed by atoms with Gasteiger partial charge in [0.25, 0.3) is 0 Å². The highest BCUT2D eigenvalue weighted by atomic mass is 19.1. The lowest BCUT2D eigenvalue weighted by Crippen LogP contribution is -1.85. The van der Waals surface area contributed by atoms with Gasteiger partial charge in [0.05, 0.1) is 0 Å². The smallest absolute Gasteiger partial charge is 0.137 e. The molecule has 0 aliphatic carbocycles. The van der Waals surface area contributed by atoms with Gasteiger partial charge in [-0.3, -0.25) is 0 Å². The van der Waals surface area contributed by atoms with Crippen molar-refractivity contribution < 1.29 is 4.39 Å². The molecular weight excluding hydrogens is 139 g/mol. The standard InChI is InChI=1S/C10H9F/c1-3-8-6-5-7-9(4-2)10(8)11/h3-7H,1-2H2. The Morgan fingerprint density at radius 2 is 1.55 bits per heavy atom. The van der Waals surface area contributed by atoms with Crippen LogP contribution in [0.1, 0.15) is 11.1 Å². The lowest BCUT2D eigenvalue weighted by molar-refractivity contribution is 0.622. The molecule has 1 aromatic carbocycles. The molecule has 0 N–H and O–H groups in total. The van der Waals surface area contributed by atoms with Gasteiger partial charge < -0.3 is 0 Å².